The summed E-state index contributed by atoms with van der Waals surface area (Å²) in [5.74, 6) is -3.02. The number of carboxylic acids is 1. The molecule has 0 unspecified atom stereocenters. The molecule has 6 rings (SSSR count). The summed E-state index contributed by atoms with van der Waals surface area (Å²) < 4.78 is 35.1. The third-order valence-corrected chi connectivity index (χ3v) is 8.00. The number of anilines is 1. The summed E-state index contributed by atoms with van der Waals surface area (Å²) in [7, 11) is 1.83. The Morgan fingerprint density at radius 3 is 2.44 bits per heavy atom. The molecule has 1 aromatic carbocycles. The fraction of sp³-hybridized carbons (Fsp3) is 0.242. The highest BCUT2D eigenvalue weighted by Gasteiger charge is 2.38. The maximum atomic E-state index is 13.7. The van der Waals surface area contributed by atoms with Crippen LogP contribution < -0.4 is 10.9 Å². The van der Waals surface area contributed by atoms with Gasteiger partial charge in [-0.25, -0.2) is 9.78 Å². The zero-order chi connectivity index (χ0) is 34.6. The lowest BCUT2D eigenvalue weighted by atomic mass is 9.97. The molecule has 248 valence electrons. The Morgan fingerprint density at radius 1 is 0.979 bits per heavy atom. The number of carboxylic acid groups (broad SMARTS) is 1. The van der Waals surface area contributed by atoms with E-state index in [2.05, 4.69) is 20.4 Å². The number of rotatable bonds is 3. The highest BCUT2D eigenvalue weighted by Crippen LogP contribution is 2.34. The summed E-state index contributed by atoms with van der Waals surface area (Å²) in [5.41, 5.74) is 5.62. The molecule has 1 aliphatic heterocycles. The minimum Gasteiger partial charge on any atom is -0.475 e. The van der Waals surface area contributed by atoms with Crippen LogP contribution in [0, 0.1) is 5.92 Å². The van der Waals surface area contributed by atoms with Crippen LogP contribution in [-0.2, 0) is 16.6 Å². The second-order valence-electron chi connectivity index (χ2n) is 11.1. The van der Waals surface area contributed by atoms with E-state index in [-0.39, 0.29) is 23.4 Å². The molecule has 0 radical (unpaired) electrons. The molecule has 2 N–H and O–H groups in total. The lowest BCUT2D eigenvalue weighted by Gasteiger charge is -2.22. The van der Waals surface area contributed by atoms with Gasteiger partial charge in [0.05, 0.1) is 47.0 Å². The number of nitrogens with one attached hydrogen (secondary N) is 1. The number of hydrogen-bond donors (Lipinski definition) is 2. The first-order chi connectivity index (χ1) is 22.8. The maximum Gasteiger partial charge on any atom is 0.490 e. The minimum absolute atomic E-state index is 0.0564. The van der Waals surface area contributed by atoms with Crippen LogP contribution in [0.25, 0.3) is 33.8 Å². The highest BCUT2D eigenvalue weighted by atomic mass is 35.5. The summed E-state index contributed by atoms with van der Waals surface area (Å²) in [5, 5.41) is 15.1. The zero-order valence-electron chi connectivity index (χ0n) is 25.6. The van der Waals surface area contributed by atoms with E-state index in [1.807, 2.05) is 50.4 Å². The van der Waals surface area contributed by atoms with Gasteiger partial charge in [-0.2, -0.15) is 18.3 Å². The third-order valence-electron chi connectivity index (χ3n) is 7.77. The van der Waals surface area contributed by atoms with Gasteiger partial charge in [-0.05, 0) is 49.2 Å². The average molecular weight is 680 g/mol. The first-order valence-electron chi connectivity index (χ1n) is 14.7. The van der Waals surface area contributed by atoms with E-state index < -0.39 is 12.1 Å². The number of pyridine rings is 2. The normalized spacial score (nSPS) is 16.3. The molecule has 15 heteroatoms. The summed E-state index contributed by atoms with van der Waals surface area (Å²) in [6, 6.07) is 16.2. The van der Waals surface area contributed by atoms with Gasteiger partial charge in [-0.15, -0.1) is 0 Å². The van der Waals surface area contributed by atoms with Gasteiger partial charge in [-0.3, -0.25) is 28.8 Å². The highest BCUT2D eigenvalue weighted by molar-refractivity contribution is 6.31. The Labute approximate surface area is 277 Å². The summed E-state index contributed by atoms with van der Waals surface area (Å²) in [6.07, 6.45) is 3.60. The zero-order valence-corrected chi connectivity index (χ0v) is 26.4. The van der Waals surface area contributed by atoms with E-state index in [1.165, 1.54) is 6.07 Å². The number of aryl methyl sites for hydroxylation is 1. The van der Waals surface area contributed by atoms with Gasteiger partial charge in [-0.1, -0.05) is 37.1 Å². The Kier molecular flexibility index (Phi) is 10.0. The molecular weight excluding hydrogens is 651 g/mol. The molecule has 0 spiro atoms. The first-order valence-corrected chi connectivity index (χ1v) is 15.1. The molecule has 2 bridgehead atoms. The number of amides is 1. The van der Waals surface area contributed by atoms with Crippen LogP contribution in [0.1, 0.15) is 37.9 Å². The Balaban J connectivity index is 0.000000582. The molecule has 5 heterocycles. The van der Waals surface area contributed by atoms with Crippen molar-refractivity contribution in [2.75, 3.05) is 5.32 Å². The van der Waals surface area contributed by atoms with Crippen LogP contribution in [0.4, 0.5) is 18.9 Å². The van der Waals surface area contributed by atoms with Crippen LogP contribution in [0.15, 0.2) is 84.3 Å². The van der Waals surface area contributed by atoms with E-state index in [1.54, 1.807) is 46.3 Å². The molecule has 48 heavy (non-hydrogen) atoms. The van der Waals surface area contributed by atoms with Crippen molar-refractivity contribution < 1.29 is 27.9 Å². The number of carbonyl (C=O) groups excluding carboxylic acids is 1. The number of fused-ring (bicyclic) bond motifs is 4. The summed E-state index contributed by atoms with van der Waals surface area (Å²) in [4.78, 5) is 49.4. The van der Waals surface area contributed by atoms with Crippen LogP contribution in [0.5, 0.6) is 0 Å². The number of nitrogens with zero attached hydrogens (tertiary/aromatic N) is 6. The van der Waals surface area contributed by atoms with Crippen molar-refractivity contribution >= 4 is 29.2 Å². The molecule has 0 saturated heterocycles. The van der Waals surface area contributed by atoms with Gasteiger partial charge in [0.1, 0.15) is 0 Å². The molecule has 0 aliphatic carbocycles. The van der Waals surface area contributed by atoms with Crippen LogP contribution in [0.2, 0.25) is 5.02 Å². The molecular formula is C33H29ClF3N7O4. The van der Waals surface area contributed by atoms with Crippen molar-refractivity contribution in [2.24, 2.45) is 13.0 Å². The molecule has 4 aromatic heterocycles. The van der Waals surface area contributed by atoms with Gasteiger partial charge in [0, 0.05) is 53.1 Å². The van der Waals surface area contributed by atoms with E-state index in [0.717, 1.165) is 40.2 Å². The van der Waals surface area contributed by atoms with Crippen LogP contribution >= 0.6 is 11.6 Å². The van der Waals surface area contributed by atoms with Crippen LogP contribution in [-0.4, -0.2) is 52.5 Å². The van der Waals surface area contributed by atoms with Gasteiger partial charge in [0.15, 0.2) is 0 Å². The predicted molar refractivity (Wildman–Crippen MR) is 172 cm³/mol. The lowest BCUT2D eigenvalue weighted by molar-refractivity contribution is -0.192. The molecule has 0 fully saturated rings. The average Bonchev–Trinajstić information content (AvgIpc) is 3.42. The molecule has 11 nitrogen and oxygen atoms in total. The maximum absolute atomic E-state index is 13.7. The number of aromatic nitrogens is 6. The minimum atomic E-state index is -5.08. The van der Waals surface area contributed by atoms with Crippen molar-refractivity contribution in [3.63, 3.8) is 0 Å². The first kappa shape index (κ1) is 34.0. The fourth-order valence-corrected chi connectivity index (χ4v) is 5.52. The largest absolute Gasteiger partial charge is 0.490 e. The number of alkyl halides is 3. The Morgan fingerprint density at radius 2 is 1.75 bits per heavy atom. The van der Waals surface area contributed by atoms with Gasteiger partial charge < -0.3 is 10.4 Å². The van der Waals surface area contributed by atoms with Crippen molar-refractivity contribution in [3.8, 4) is 33.8 Å². The predicted octanol–water partition coefficient (Wildman–Crippen LogP) is 6.40. The quantitative estimate of drug-likeness (QED) is 0.223. The Bertz CT molecular complexity index is 2010. The lowest BCUT2D eigenvalue weighted by Crippen LogP contribution is -2.27. The monoisotopic (exact) mass is 679 g/mol. The fourth-order valence-electron chi connectivity index (χ4n) is 5.35. The number of aliphatic carboxylic acids is 1. The Hall–Kier alpha value is -5.37. The van der Waals surface area contributed by atoms with Gasteiger partial charge in [0.25, 0.3) is 5.56 Å². The van der Waals surface area contributed by atoms with E-state index in [4.69, 9.17) is 26.5 Å². The van der Waals surface area contributed by atoms with Crippen molar-refractivity contribution in [2.45, 2.75) is 38.4 Å². The molecule has 1 aliphatic rings. The molecule has 2 atom stereocenters. The molecule has 5 aromatic rings. The van der Waals surface area contributed by atoms with E-state index >= 15 is 0 Å². The molecule has 0 saturated carbocycles. The van der Waals surface area contributed by atoms with Crippen molar-refractivity contribution in [1.29, 1.82) is 0 Å². The van der Waals surface area contributed by atoms with E-state index in [9.17, 15) is 22.8 Å². The molecule has 1 amide bonds. The number of benzene rings is 1. The van der Waals surface area contributed by atoms with Crippen molar-refractivity contribution in [1.82, 2.24) is 29.3 Å². The van der Waals surface area contributed by atoms with E-state index in [0.29, 0.717) is 29.2 Å². The topological polar surface area (TPSA) is 145 Å². The number of carbonyl (C=O) groups is 2. The summed E-state index contributed by atoms with van der Waals surface area (Å²) in [6.45, 7) is 1.91. The van der Waals surface area contributed by atoms with Gasteiger partial charge in [0.2, 0.25) is 5.91 Å². The summed E-state index contributed by atoms with van der Waals surface area (Å²) >= 11 is 6.36. The van der Waals surface area contributed by atoms with Crippen LogP contribution in [0.3, 0.4) is 0 Å². The second-order valence-corrected chi connectivity index (χ2v) is 11.5. The number of hydrogen-bond acceptors (Lipinski definition) is 7. The standard InChI is InChI=1S/C31H28ClN7O2.C2HF3O2/c1-19-6-5-8-28(26-14-20(11-13-34-26)30-27(37-31(19)41)17-36-38(30)2)39-18-35-25(16-29(39)40)23-15-21(32)9-10-22(23)24-7-3-4-12-33-24;3-2(4,5)1(6)7/h3-4,7,9-19,28H,5-6,8H2,1-2H3,(H,37,41);(H,6,7)/t19-,28+;/m1./s1. The smallest absolute Gasteiger partial charge is 0.475 e. The SMILES string of the molecule is C[C@@H]1CCC[C@H](n2cnc(-c3cc(Cl)ccc3-c3ccccn3)cc2=O)c2cc(ccn2)-c2c(cnn2C)NC1=O.O=C(O)C(F)(F)F. The van der Waals surface area contributed by atoms with Crippen molar-refractivity contribution in [3.05, 3.63) is 101 Å². The third kappa shape index (κ3) is 7.60. The number of halogens is 4. The van der Waals surface area contributed by atoms with Gasteiger partial charge >= 0.3 is 12.1 Å². The second kappa shape index (κ2) is 14.2.